The lowest BCUT2D eigenvalue weighted by Crippen LogP contribution is -2.07. The lowest BCUT2D eigenvalue weighted by atomic mass is 9.98. The van der Waals surface area contributed by atoms with Crippen LogP contribution in [0, 0.1) is 13.8 Å². The summed E-state index contributed by atoms with van der Waals surface area (Å²) in [5.41, 5.74) is 0.495. The molecule has 0 bridgehead atoms. The monoisotopic (exact) mass is 392 g/mol. The van der Waals surface area contributed by atoms with Crippen molar-refractivity contribution in [2.75, 3.05) is 6.61 Å². The molecule has 0 atom stereocenters. The molecule has 7 heteroatoms. The minimum Gasteiger partial charge on any atom is -0.507 e. The van der Waals surface area contributed by atoms with E-state index in [-0.39, 0.29) is 39.4 Å². The molecule has 4 heterocycles. The highest BCUT2D eigenvalue weighted by atomic mass is 16.5. The van der Waals surface area contributed by atoms with Gasteiger partial charge in [-0.1, -0.05) is 0 Å². The van der Waals surface area contributed by atoms with Crippen LogP contribution in [0.5, 0.6) is 11.5 Å². The lowest BCUT2D eigenvalue weighted by molar-refractivity contribution is 0.357. The molecule has 1 aromatic carbocycles. The predicted octanol–water partition coefficient (Wildman–Crippen LogP) is 3.93. The maximum atomic E-state index is 12.7. The molecule has 0 unspecified atom stereocenters. The topological polar surface area (TPSA) is 103 Å². The van der Waals surface area contributed by atoms with Gasteiger partial charge in [-0.2, -0.15) is 0 Å². The van der Waals surface area contributed by atoms with Crippen LogP contribution in [0.1, 0.15) is 17.1 Å². The average Bonchev–Trinajstić information content (AvgIpc) is 3.25. The van der Waals surface area contributed by atoms with E-state index >= 15 is 0 Å². The molecule has 0 radical (unpaired) electrons. The van der Waals surface area contributed by atoms with Gasteiger partial charge in [0.25, 0.3) is 0 Å². The van der Waals surface area contributed by atoms with Gasteiger partial charge in [0.2, 0.25) is 0 Å². The Bertz CT molecular complexity index is 1400. The van der Waals surface area contributed by atoms with Gasteiger partial charge in [-0.25, -0.2) is 9.59 Å². The maximum absolute atomic E-state index is 12.7. The zero-order valence-corrected chi connectivity index (χ0v) is 15.7. The van der Waals surface area contributed by atoms with Gasteiger partial charge in [0.05, 0.1) is 12.2 Å². The molecule has 5 rings (SSSR count). The van der Waals surface area contributed by atoms with E-state index in [2.05, 4.69) is 0 Å². The van der Waals surface area contributed by atoms with Crippen LogP contribution in [0.25, 0.3) is 33.4 Å². The van der Waals surface area contributed by atoms with Crippen molar-refractivity contribution in [1.82, 2.24) is 0 Å². The number of aromatic hydroxyl groups is 1. The predicted molar refractivity (Wildman–Crippen MR) is 104 cm³/mol. The molecule has 4 aromatic rings. The molecule has 1 N–H and O–H groups in total. The second-order valence-electron chi connectivity index (χ2n) is 7.02. The second-order valence-corrected chi connectivity index (χ2v) is 7.02. The number of aryl methyl sites for hydroxylation is 2. The Labute approximate surface area is 163 Å². The van der Waals surface area contributed by atoms with Gasteiger partial charge in [0.15, 0.2) is 0 Å². The quantitative estimate of drug-likeness (QED) is 0.551. The maximum Gasteiger partial charge on any atom is 0.347 e. The van der Waals surface area contributed by atoms with Crippen molar-refractivity contribution >= 4 is 11.0 Å². The minimum absolute atomic E-state index is 0.0776. The largest absolute Gasteiger partial charge is 0.507 e. The molecule has 1 aliphatic heterocycles. The molecule has 0 saturated heterocycles. The molecule has 146 valence electrons. The SMILES string of the molecule is Cc1cc(O)c(-c2c(-c3ccc4c(c3)CCO4)oc3cc(C)oc(=O)c23)c(=O)o1. The molecule has 0 aliphatic carbocycles. The van der Waals surface area contributed by atoms with Crippen LogP contribution in [-0.4, -0.2) is 11.7 Å². The average molecular weight is 392 g/mol. The fourth-order valence-electron chi connectivity index (χ4n) is 3.76. The van der Waals surface area contributed by atoms with Crippen molar-refractivity contribution in [2.45, 2.75) is 20.3 Å². The third kappa shape index (κ3) is 2.66. The molecule has 0 fully saturated rings. The summed E-state index contributed by atoms with van der Waals surface area (Å²) in [5.74, 6) is 1.39. The number of rotatable bonds is 2. The fourth-order valence-corrected chi connectivity index (χ4v) is 3.76. The highest BCUT2D eigenvalue weighted by Crippen LogP contribution is 2.43. The summed E-state index contributed by atoms with van der Waals surface area (Å²) in [6.07, 6.45) is 0.748. The first-order valence-electron chi connectivity index (χ1n) is 9.10. The number of ether oxygens (including phenoxy) is 1. The number of hydrogen-bond donors (Lipinski definition) is 1. The van der Waals surface area contributed by atoms with E-state index in [1.807, 2.05) is 12.1 Å². The first-order valence-corrected chi connectivity index (χ1v) is 9.10. The molecule has 0 spiro atoms. The van der Waals surface area contributed by atoms with Gasteiger partial charge in [0, 0.05) is 24.1 Å². The van der Waals surface area contributed by atoms with E-state index in [4.69, 9.17) is 18.0 Å². The van der Waals surface area contributed by atoms with Crippen LogP contribution in [0.3, 0.4) is 0 Å². The standard InChI is InChI=1S/C22H16O7/c1-10-7-14(23)17(21(24)27-10)19-18-16(8-11(2)28-22(18)25)29-20(19)13-3-4-15-12(9-13)5-6-26-15/h3-4,7-9,23H,5-6H2,1-2H3. The summed E-state index contributed by atoms with van der Waals surface area (Å²) in [5, 5.41) is 10.6. The van der Waals surface area contributed by atoms with Crippen molar-refractivity contribution < 1.29 is 23.1 Å². The third-order valence-electron chi connectivity index (χ3n) is 4.98. The van der Waals surface area contributed by atoms with E-state index in [0.29, 0.717) is 17.9 Å². The van der Waals surface area contributed by atoms with Gasteiger partial charge in [0.1, 0.15) is 45.3 Å². The van der Waals surface area contributed by atoms with Crippen molar-refractivity contribution in [3.63, 3.8) is 0 Å². The molecule has 0 amide bonds. The molecular weight excluding hydrogens is 376 g/mol. The van der Waals surface area contributed by atoms with Gasteiger partial charge >= 0.3 is 11.3 Å². The first kappa shape index (κ1) is 17.4. The van der Waals surface area contributed by atoms with Crippen molar-refractivity contribution in [3.8, 4) is 33.9 Å². The van der Waals surface area contributed by atoms with E-state index in [0.717, 1.165) is 17.7 Å². The van der Waals surface area contributed by atoms with E-state index < -0.39 is 11.3 Å². The third-order valence-corrected chi connectivity index (χ3v) is 4.98. The summed E-state index contributed by atoms with van der Waals surface area (Å²) in [6.45, 7) is 3.78. The molecule has 1 aliphatic rings. The molecule has 0 saturated carbocycles. The Kier molecular flexibility index (Phi) is 3.67. The minimum atomic E-state index is -0.768. The zero-order valence-electron chi connectivity index (χ0n) is 15.7. The van der Waals surface area contributed by atoms with Crippen LogP contribution >= 0.6 is 0 Å². The molecule has 3 aromatic heterocycles. The van der Waals surface area contributed by atoms with Crippen molar-refractivity contribution in [3.05, 3.63) is 68.3 Å². The summed E-state index contributed by atoms with van der Waals surface area (Å²) in [7, 11) is 0. The molecule has 29 heavy (non-hydrogen) atoms. The van der Waals surface area contributed by atoms with Crippen LogP contribution < -0.4 is 16.0 Å². The van der Waals surface area contributed by atoms with Gasteiger partial charge in [-0.15, -0.1) is 0 Å². The van der Waals surface area contributed by atoms with Gasteiger partial charge in [-0.05, 0) is 37.6 Å². The smallest absolute Gasteiger partial charge is 0.347 e. The highest BCUT2D eigenvalue weighted by Gasteiger charge is 2.27. The van der Waals surface area contributed by atoms with E-state index in [9.17, 15) is 14.7 Å². The van der Waals surface area contributed by atoms with Crippen LogP contribution in [0.2, 0.25) is 0 Å². The first-order chi connectivity index (χ1) is 13.9. The Morgan fingerprint density at radius 2 is 1.66 bits per heavy atom. The summed E-state index contributed by atoms with van der Waals surface area (Å²) < 4.78 is 22.0. The Balaban J connectivity index is 1.91. The van der Waals surface area contributed by atoms with Crippen LogP contribution in [0.4, 0.5) is 0 Å². The summed E-state index contributed by atoms with van der Waals surface area (Å²) >= 11 is 0. The van der Waals surface area contributed by atoms with Crippen LogP contribution in [-0.2, 0) is 6.42 Å². The van der Waals surface area contributed by atoms with Crippen molar-refractivity contribution in [1.29, 1.82) is 0 Å². The fraction of sp³-hybridized carbons (Fsp3) is 0.182. The van der Waals surface area contributed by atoms with E-state index in [1.165, 1.54) is 6.07 Å². The van der Waals surface area contributed by atoms with E-state index in [1.54, 1.807) is 26.0 Å². The molecule has 7 nitrogen and oxygen atoms in total. The normalized spacial score (nSPS) is 12.9. The Morgan fingerprint density at radius 3 is 2.45 bits per heavy atom. The lowest BCUT2D eigenvalue weighted by Gasteiger charge is -2.06. The zero-order chi connectivity index (χ0) is 20.3. The van der Waals surface area contributed by atoms with Gasteiger partial charge < -0.3 is 23.1 Å². The van der Waals surface area contributed by atoms with Crippen LogP contribution in [0.15, 0.2) is 53.2 Å². The Hall–Kier alpha value is -3.74. The molecular formula is C22H16O7. The van der Waals surface area contributed by atoms with Crippen molar-refractivity contribution in [2.24, 2.45) is 0 Å². The number of fused-ring (bicyclic) bond motifs is 2. The number of benzene rings is 1. The second kappa shape index (κ2) is 6.13. The summed E-state index contributed by atoms with van der Waals surface area (Å²) in [4.78, 5) is 25.3. The number of hydrogen-bond acceptors (Lipinski definition) is 7. The van der Waals surface area contributed by atoms with Gasteiger partial charge in [-0.3, -0.25) is 0 Å². The Morgan fingerprint density at radius 1 is 0.897 bits per heavy atom. The number of furan rings is 1. The summed E-state index contributed by atoms with van der Waals surface area (Å²) in [6, 6.07) is 8.40. The highest BCUT2D eigenvalue weighted by molar-refractivity contribution is 6.02.